The van der Waals surface area contributed by atoms with Crippen molar-refractivity contribution in [1.29, 1.82) is 0 Å². The van der Waals surface area contributed by atoms with Crippen LogP contribution in [-0.4, -0.2) is 104 Å². The molecule has 4 aromatic rings. The SMILES string of the molecule is CN1CCN(CC(NC(=O)c2ccc(-c3ccnc(Nc4cccc(N5CCN(C)CC5)c4)n3)s2)c2ccccc2)CC1. The third kappa shape index (κ3) is 7.58. The third-order valence-corrected chi connectivity index (χ3v) is 9.36. The number of aromatic nitrogens is 2. The molecule has 0 bridgehead atoms. The summed E-state index contributed by atoms with van der Waals surface area (Å²) < 4.78 is 0. The molecule has 0 radical (unpaired) electrons. The first-order valence-corrected chi connectivity index (χ1v) is 15.8. The molecule has 2 aliphatic rings. The van der Waals surface area contributed by atoms with Crippen LogP contribution in [0.2, 0.25) is 0 Å². The normalized spacial score (nSPS) is 17.5. The second-order valence-corrected chi connectivity index (χ2v) is 12.5. The third-order valence-electron chi connectivity index (χ3n) is 8.25. The molecule has 10 heteroatoms. The molecule has 2 aromatic heterocycles. The minimum absolute atomic E-state index is 0.0626. The number of nitrogens with zero attached hydrogens (tertiary/aromatic N) is 6. The zero-order valence-electron chi connectivity index (χ0n) is 24.9. The van der Waals surface area contributed by atoms with Crippen molar-refractivity contribution in [3.63, 3.8) is 0 Å². The quantitative estimate of drug-likeness (QED) is 0.294. The highest BCUT2D eigenvalue weighted by Crippen LogP contribution is 2.29. The Morgan fingerprint density at radius 2 is 1.60 bits per heavy atom. The van der Waals surface area contributed by atoms with Gasteiger partial charge >= 0.3 is 0 Å². The lowest BCUT2D eigenvalue weighted by molar-refractivity contribution is 0.0911. The fourth-order valence-corrected chi connectivity index (χ4v) is 6.44. The molecule has 2 aromatic carbocycles. The minimum Gasteiger partial charge on any atom is -0.369 e. The number of carbonyl (C=O) groups is 1. The predicted octanol–water partition coefficient (Wildman–Crippen LogP) is 4.42. The van der Waals surface area contributed by atoms with Crippen LogP contribution in [0.5, 0.6) is 0 Å². The van der Waals surface area contributed by atoms with E-state index in [-0.39, 0.29) is 11.9 Å². The van der Waals surface area contributed by atoms with Crippen molar-refractivity contribution in [1.82, 2.24) is 30.0 Å². The zero-order valence-corrected chi connectivity index (χ0v) is 25.8. The standard InChI is InChI=1S/C33H40N8OS/c1-38-15-19-40(20-16-38)24-29(25-7-4-3-5-8-25)36-32(42)31-12-11-30(43-31)28-13-14-34-33(37-28)35-26-9-6-10-27(23-26)41-21-17-39(2)18-22-41/h3-14,23,29H,15-22,24H2,1-2H3,(H,36,42)(H,34,35,37). The molecule has 2 aliphatic heterocycles. The molecule has 6 rings (SSSR count). The molecule has 1 atom stereocenters. The van der Waals surface area contributed by atoms with Crippen molar-refractivity contribution in [3.05, 3.63) is 89.4 Å². The number of piperazine rings is 2. The first kappa shape index (κ1) is 29.3. The van der Waals surface area contributed by atoms with Gasteiger partial charge in [0.1, 0.15) is 0 Å². The summed E-state index contributed by atoms with van der Waals surface area (Å²) in [5.74, 6) is 0.469. The molecule has 0 aliphatic carbocycles. The number of thiophene rings is 1. The van der Waals surface area contributed by atoms with Crippen molar-refractivity contribution in [2.75, 3.05) is 83.2 Å². The van der Waals surface area contributed by atoms with E-state index in [0.29, 0.717) is 10.8 Å². The maximum atomic E-state index is 13.5. The molecule has 0 spiro atoms. The Morgan fingerprint density at radius 1 is 0.860 bits per heavy atom. The van der Waals surface area contributed by atoms with Crippen LogP contribution in [0.1, 0.15) is 21.3 Å². The van der Waals surface area contributed by atoms with Crippen LogP contribution in [0.15, 0.2) is 79.0 Å². The van der Waals surface area contributed by atoms with Gasteiger partial charge in [-0.05, 0) is 56.1 Å². The van der Waals surface area contributed by atoms with Gasteiger partial charge in [0, 0.05) is 76.5 Å². The van der Waals surface area contributed by atoms with Gasteiger partial charge in [0.25, 0.3) is 5.91 Å². The van der Waals surface area contributed by atoms with Crippen LogP contribution in [0, 0.1) is 0 Å². The fraction of sp³-hybridized carbons (Fsp3) is 0.364. The molecule has 9 nitrogen and oxygen atoms in total. The number of nitrogens with one attached hydrogen (secondary N) is 2. The largest absolute Gasteiger partial charge is 0.369 e. The molecule has 1 amide bonds. The molecule has 0 saturated carbocycles. The average Bonchev–Trinajstić information content (AvgIpc) is 3.54. The Balaban J connectivity index is 1.13. The van der Waals surface area contributed by atoms with E-state index in [0.717, 1.165) is 80.7 Å². The second-order valence-electron chi connectivity index (χ2n) is 11.4. The maximum absolute atomic E-state index is 13.5. The molecule has 2 fully saturated rings. The highest BCUT2D eigenvalue weighted by atomic mass is 32.1. The van der Waals surface area contributed by atoms with Gasteiger partial charge in [-0.15, -0.1) is 11.3 Å². The smallest absolute Gasteiger partial charge is 0.261 e. The Morgan fingerprint density at radius 3 is 2.37 bits per heavy atom. The molecule has 2 saturated heterocycles. The molecular formula is C33H40N8OS. The Hall–Kier alpha value is -3.83. The van der Waals surface area contributed by atoms with E-state index in [2.05, 4.69) is 79.6 Å². The number of benzene rings is 2. The number of hydrogen-bond donors (Lipinski definition) is 2. The maximum Gasteiger partial charge on any atom is 0.261 e. The van der Waals surface area contributed by atoms with E-state index in [9.17, 15) is 4.79 Å². The van der Waals surface area contributed by atoms with Crippen molar-refractivity contribution in [2.24, 2.45) is 0 Å². The van der Waals surface area contributed by atoms with Crippen LogP contribution in [0.3, 0.4) is 0 Å². The predicted molar refractivity (Wildman–Crippen MR) is 175 cm³/mol. The number of hydrogen-bond acceptors (Lipinski definition) is 9. The van der Waals surface area contributed by atoms with E-state index in [1.807, 2.05) is 42.5 Å². The van der Waals surface area contributed by atoms with E-state index in [4.69, 9.17) is 4.98 Å². The number of carbonyl (C=O) groups excluding carboxylic acids is 1. The summed E-state index contributed by atoms with van der Waals surface area (Å²) in [6, 6.07) is 24.3. The zero-order chi connectivity index (χ0) is 29.6. The van der Waals surface area contributed by atoms with Crippen molar-refractivity contribution >= 4 is 34.6 Å². The molecule has 2 N–H and O–H groups in total. The highest BCUT2D eigenvalue weighted by Gasteiger charge is 2.23. The summed E-state index contributed by atoms with van der Waals surface area (Å²) in [5, 5.41) is 6.69. The lowest BCUT2D eigenvalue weighted by Gasteiger charge is -2.35. The number of rotatable bonds is 9. The highest BCUT2D eigenvalue weighted by molar-refractivity contribution is 7.17. The summed E-state index contributed by atoms with van der Waals surface area (Å²) in [6.45, 7) is 9.04. The van der Waals surface area contributed by atoms with Crippen molar-refractivity contribution in [2.45, 2.75) is 6.04 Å². The number of anilines is 3. The summed E-state index contributed by atoms with van der Waals surface area (Å²) in [5.41, 5.74) is 4.06. The molecule has 43 heavy (non-hydrogen) atoms. The lowest BCUT2D eigenvalue weighted by Crippen LogP contribution is -2.47. The van der Waals surface area contributed by atoms with Gasteiger partial charge in [-0.2, -0.15) is 0 Å². The van der Waals surface area contributed by atoms with Crippen LogP contribution < -0.4 is 15.5 Å². The van der Waals surface area contributed by atoms with Crippen LogP contribution in [0.4, 0.5) is 17.3 Å². The molecular weight excluding hydrogens is 556 g/mol. The first-order chi connectivity index (χ1) is 21.0. The Kier molecular flexibility index (Phi) is 9.28. The van der Waals surface area contributed by atoms with E-state index in [1.165, 1.54) is 17.0 Å². The second kappa shape index (κ2) is 13.6. The van der Waals surface area contributed by atoms with Gasteiger partial charge in [-0.25, -0.2) is 9.97 Å². The summed E-state index contributed by atoms with van der Waals surface area (Å²) in [6.07, 6.45) is 1.76. The van der Waals surface area contributed by atoms with E-state index < -0.39 is 0 Å². The van der Waals surface area contributed by atoms with Crippen LogP contribution in [-0.2, 0) is 0 Å². The minimum atomic E-state index is -0.0841. The Labute approximate surface area is 258 Å². The monoisotopic (exact) mass is 596 g/mol. The number of amides is 1. The topological polar surface area (TPSA) is 79.9 Å². The summed E-state index contributed by atoms with van der Waals surface area (Å²) in [7, 11) is 4.32. The van der Waals surface area contributed by atoms with Gasteiger partial charge in [0.15, 0.2) is 0 Å². The summed E-state index contributed by atoms with van der Waals surface area (Å²) >= 11 is 1.45. The number of likely N-dealkylation sites (N-methyl/N-ethyl adjacent to an activating group) is 2. The Bertz CT molecular complexity index is 1500. The van der Waals surface area contributed by atoms with Gasteiger partial charge in [0.2, 0.25) is 5.95 Å². The van der Waals surface area contributed by atoms with Crippen molar-refractivity contribution in [3.8, 4) is 10.6 Å². The summed E-state index contributed by atoms with van der Waals surface area (Å²) in [4.78, 5) is 33.9. The van der Waals surface area contributed by atoms with Crippen LogP contribution >= 0.6 is 11.3 Å². The molecule has 4 heterocycles. The van der Waals surface area contributed by atoms with Crippen LogP contribution in [0.25, 0.3) is 10.6 Å². The molecule has 1 unspecified atom stereocenters. The lowest BCUT2D eigenvalue weighted by atomic mass is 10.1. The first-order valence-electron chi connectivity index (χ1n) is 15.0. The molecule has 224 valence electrons. The average molecular weight is 597 g/mol. The van der Waals surface area contributed by atoms with E-state index >= 15 is 0 Å². The van der Waals surface area contributed by atoms with Gasteiger partial charge < -0.3 is 25.3 Å². The van der Waals surface area contributed by atoms with Crippen molar-refractivity contribution < 1.29 is 4.79 Å². The van der Waals surface area contributed by atoms with Gasteiger partial charge in [0.05, 0.1) is 21.5 Å². The fourth-order valence-electron chi connectivity index (χ4n) is 5.57. The van der Waals surface area contributed by atoms with Gasteiger partial charge in [-0.3, -0.25) is 9.69 Å². The van der Waals surface area contributed by atoms with Gasteiger partial charge in [-0.1, -0.05) is 36.4 Å². The van der Waals surface area contributed by atoms with E-state index in [1.54, 1.807) is 6.20 Å².